The molecule has 25 heavy (non-hydrogen) atoms. The van der Waals surface area contributed by atoms with Crippen LogP contribution < -0.4 is 5.32 Å². The van der Waals surface area contributed by atoms with Crippen molar-refractivity contribution in [3.05, 3.63) is 54.6 Å². The average molecular weight is 368 g/mol. The van der Waals surface area contributed by atoms with Gasteiger partial charge in [-0.25, -0.2) is 4.98 Å². The van der Waals surface area contributed by atoms with E-state index in [2.05, 4.69) is 25.8 Å². The van der Waals surface area contributed by atoms with Gasteiger partial charge >= 0.3 is 0 Å². The van der Waals surface area contributed by atoms with Gasteiger partial charge < -0.3 is 5.32 Å². The number of carbonyl (C=O) groups is 1. The summed E-state index contributed by atoms with van der Waals surface area (Å²) in [6.07, 6.45) is 0. The van der Waals surface area contributed by atoms with Crippen molar-refractivity contribution in [2.45, 2.75) is 5.16 Å². The van der Waals surface area contributed by atoms with Crippen molar-refractivity contribution in [2.75, 3.05) is 11.1 Å². The van der Waals surface area contributed by atoms with Gasteiger partial charge in [0.25, 0.3) is 0 Å². The molecule has 2 aromatic heterocycles. The zero-order valence-electron chi connectivity index (χ0n) is 12.9. The summed E-state index contributed by atoms with van der Waals surface area (Å²) >= 11 is 2.73. The van der Waals surface area contributed by atoms with Gasteiger partial charge in [0.2, 0.25) is 11.1 Å². The Bertz CT molecular complexity index is 981. The molecule has 2 aromatic carbocycles. The molecule has 0 fully saturated rings. The van der Waals surface area contributed by atoms with Crippen LogP contribution in [0, 0.1) is 0 Å². The SMILES string of the molecule is O=C(CSc1nnnn1-c1ccccc1)Nc1nc2ccccc2s1. The Hall–Kier alpha value is -2.78. The second-order valence-corrected chi connectivity index (χ2v) is 7.01. The van der Waals surface area contributed by atoms with Crippen LogP contribution in [0.25, 0.3) is 15.9 Å². The number of rotatable bonds is 5. The first-order valence-electron chi connectivity index (χ1n) is 7.41. The van der Waals surface area contributed by atoms with E-state index in [1.165, 1.54) is 23.1 Å². The van der Waals surface area contributed by atoms with E-state index in [-0.39, 0.29) is 11.7 Å². The Morgan fingerprint density at radius 1 is 1.12 bits per heavy atom. The number of anilines is 1. The fraction of sp³-hybridized carbons (Fsp3) is 0.0625. The molecule has 9 heteroatoms. The molecule has 0 saturated heterocycles. The molecule has 0 radical (unpaired) electrons. The molecule has 1 N–H and O–H groups in total. The van der Waals surface area contributed by atoms with Crippen molar-refractivity contribution in [3.63, 3.8) is 0 Å². The summed E-state index contributed by atoms with van der Waals surface area (Å²) in [5, 5.41) is 15.6. The van der Waals surface area contributed by atoms with Gasteiger partial charge in [0.1, 0.15) is 0 Å². The molecule has 0 atom stereocenters. The lowest BCUT2D eigenvalue weighted by molar-refractivity contribution is -0.113. The van der Waals surface area contributed by atoms with Gasteiger partial charge in [-0.05, 0) is 34.7 Å². The largest absolute Gasteiger partial charge is 0.301 e. The van der Waals surface area contributed by atoms with E-state index < -0.39 is 0 Å². The van der Waals surface area contributed by atoms with Gasteiger partial charge in [-0.15, -0.1) is 5.10 Å². The number of hydrogen-bond donors (Lipinski definition) is 1. The Labute approximate surface area is 151 Å². The maximum absolute atomic E-state index is 12.2. The molecule has 0 aliphatic carbocycles. The minimum atomic E-state index is -0.147. The van der Waals surface area contributed by atoms with Gasteiger partial charge in [-0.1, -0.05) is 53.4 Å². The van der Waals surface area contributed by atoms with Crippen molar-refractivity contribution in [3.8, 4) is 5.69 Å². The van der Waals surface area contributed by atoms with Gasteiger partial charge in [-0.2, -0.15) is 4.68 Å². The van der Waals surface area contributed by atoms with Crippen molar-refractivity contribution in [1.29, 1.82) is 0 Å². The first-order valence-corrected chi connectivity index (χ1v) is 9.22. The minimum absolute atomic E-state index is 0.147. The molecule has 2 heterocycles. The average Bonchev–Trinajstić information content (AvgIpc) is 3.26. The van der Waals surface area contributed by atoms with E-state index in [0.29, 0.717) is 10.3 Å². The molecule has 7 nitrogen and oxygen atoms in total. The number of nitrogens with one attached hydrogen (secondary N) is 1. The Morgan fingerprint density at radius 2 is 1.92 bits per heavy atom. The molecule has 1 amide bonds. The van der Waals surface area contributed by atoms with Crippen LogP contribution in [-0.4, -0.2) is 36.9 Å². The molecule has 0 spiro atoms. The van der Waals surface area contributed by atoms with Gasteiger partial charge in [0, 0.05) is 0 Å². The van der Waals surface area contributed by atoms with Crippen molar-refractivity contribution in [1.82, 2.24) is 25.2 Å². The smallest absolute Gasteiger partial charge is 0.236 e. The van der Waals surface area contributed by atoms with Crippen molar-refractivity contribution >= 4 is 44.4 Å². The molecule has 4 rings (SSSR count). The Morgan fingerprint density at radius 3 is 2.76 bits per heavy atom. The summed E-state index contributed by atoms with van der Waals surface area (Å²) in [5.41, 5.74) is 1.73. The van der Waals surface area contributed by atoms with Crippen LogP contribution >= 0.6 is 23.1 Å². The number of hydrogen-bond acceptors (Lipinski definition) is 7. The van der Waals surface area contributed by atoms with Gasteiger partial charge in [0.15, 0.2) is 5.13 Å². The quantitative estimate of drug-likeness (QED) is 0.545. The number of nitrogens with zero attached hydrogens (tertiary/aromatic N) is 5. The summed E-state index contributed by atoms with van der Waals surface area (Å²) in [5.74, 6) is 0.0509. The number of tetrazole rings is 1. The predicted molar refractivity (Wildman–Crippen MR) is 98.1 cm³/mol. The topological polar surface area (TPSA) is 85.6 Å². The van der Waals surface area contributed by atoms with E-state index in [1.54, 1.807) is 4.68 Å². The van der Waals surface area contributed by atoms with E-state index in [1.807, 2.05) is 54.6 Å². The number of fused-ring (bicyclic) bond motifs is 1. The van der Waals surface area contributed by atoms with Crippen molar-refractivity contribution < 1.29 is 4.79 Å². The number of thiazole rings is 1. The number of carbonyl (C=O) groups excluding carboxylic acids is 1. The molecule has 0 unspecified atom stereocenters. The van der Waals surface area contributed by atoms with Crippen LogP contribution in [0.5, 0.6) is 0 Å². The minimum Gasteiger partial charge on any atom is -0.301 e. The predicted octanol–water partition coefficient (Wildman–Crippen LogP) is 3.00. The molecule has 124 valence electrons. The molecular formula is C16H12N6OS2. The highest BCUT2D eigenvalue weighted by Gasteiger charge is 2.13. The number of para-hydroxylation sites is 2. The molecular weight excluding hydrogens is 356 g/mol. The standard InChI is InChI=1S/C16H12N6OS2/c23-14(18-15-17-12-8-4-5-9-13(12)25-15)10-24-16-19-20-21-22(16)11-6-2-1-3-7-11/h1-9H,10H2,(H,17,18,23). The third-order valence-electron chi connectivity index (χ3n) is 3.31. The maximum Gasteiger partial charge on any atom is 0.236 e. The third-order valence-corrected chi connectivity index (χ3v) is 5.19. The van der Waals surface area contributed by atoms with Crippen LogP contribution in [0.3, 0.4) is 0 Å². The van der Waals surface area contributed by atoms with E-state index in [4.69, 9.17) is 0 Å². The number of benzene rings is 2. The highest BCUT2D eigenvalue weighted by Crippen LogP contribution is 2.26. The molecule has 0 bridgehead atoms. The summed E-state index contributed by atoms with van der Waals surface area (Å²) in [7, 11) is 0. The second kappa shape index (κ2) is 6.99. The van der Waals surface area contributed by atoms with E-state index in [0.717, 1.165) is 15.9 Å². The van der Waals surface area contributed by atoms with Gasteiger partial charge in [-0.3, -0.25) is 4.79 Å². The first kappa shape index (κ1) is 15.7. The van der Waals surface area contributed by atoms with Crippen molar-refractivity contribution in [2.24, 2.45) is 0 Å². The highest BCUT2D eigenvalue weighted by atomic mass is 32.2. The third kappa shape index (κ3) is 3.52. The number of aromatic nitrogens is 5. The molecule has 4 aromatic rings. The van der Waals surface area contributed by atoms with Gasteiger partial charge in [0.05, 0.1) is 21.7 Å². The lowest BCUT2D eigenvalue weighted by Crippen LogP contribution is -2.14. The zero-order valence-corrected chi connectivity index (χ0v) is 14.5. The highest BCUT2D eigenvalue weighted by molar-refractivity contribution is 7.99. The number of thioether (sulfide) groups is 1. The molecule has 0 saturated carbocycles. The van der Waals surface area contributed by atoms with Crippen LogP contribution in [0.4, 0.5) is 5.13 Å². The van der Waals surface area contributed by atoms with E-state index in [9.17, 15) is 4.79 Å². The Balaban J connectivity index is 1.42. The summed E-state index contributed by atoms with van der Waals surface area (Å²) in [4.78, 5) is 16.6. The van der Waals surface area contributed by atoms with Crippen LogP contribution in [0.2, 0.25) is 0 Å². The molecule has 0 aliphatic rings. The Kier molecular flexibility index (Phi) is 4.40. The summed E-state index contributed by atoms with van der Waals surface area (Å²) < 4.78 is 2.65. The first-order chi connectivity index (χ1) is 12.3. The fourth-order valence-electron chi connectivity index (χ4n) is 2.21. The number of amides is 1. The van der Waals surface area contributed by atoms with E-state index >= 15 is 0 Å². The maximum atomic E-state index is 12.2. The molecule has 0 aliphatic heterocycles. The zero-order chi connectivity index (χ0) is 17.1. The monoisotopic (exact) mass is 368 g/mol. The fourth-order valence-corrected chi connectivity index (χ4v) is 3.78. The lowest BCUT2D eigenvalue weighted by atomic mass is 10.3. The summed E-state index contributed by atoms with van der Waals surface area (Å²) in [6.45, 7) is 0. The van der Waals surface area contributed by atoms with Crippen LogP contribution in [-0.2, 0) is 4.79 Å². The lowest BCUT2D eigenvalue weighted by Gasteiger charge is -2.03. The second-order valence-electron chi connectivity index (χ2n) is 5.03. The summed E-state index contributed by atoms with van der Waals surface area (Å²) in [6, 6.07) is 17.3. The normalized spacial score (nSPS) is 10.9. The van der Waals surface area contributed by atoms with Crippen LogP contribution in [0.1, 0.15) is 0 Å². The van der Waals surface area contributed by atoms with Crippen LogP contribution in [0.15, 0.2) is 59.8 Å².